The molecule has 0 unspecified atom stereocenters. The van der Waals surface area contributed by atoms with Crippen molar-refractivity contribution in [1.82, 2.24) is 0 Å². The molecular formula is C21H24N2O4. The Morgan fingerprint density at radius 3 is 2.59 bits per heavy atom. The van der Waals surface area contributed by atoms with Gasteiger partial charge in [-0.2, -0.15) is 0 Å². The molecular weight excluding hydrogens is 344 g/mol. The van der Waals surface area contributed by atoms with Crippen LogP contribution in [0.4, 0.5) is 11.4 Å². The zero-order chi connectivity index (χ0) is 19.4. The van der Waals surface area contributed by atoms with Crippen LogP contribution in [0, 0.1) is 5.92 Å². The van der Waals surface area contributed by atoms with Crippen LogP contribution < -0.4 is 19.7 Å². The Hall–Kier alpha value is -3.02. The van der Waals surface area contributed by atoms with E-state index in [-0.39, 0.29) is 24.3 Å². The predicted octanol–water partition coefficient (Wildman–Crippen LogP) is 3.26. The minimum absolute atomic E-state index is 0.0394. The number of para-hydroxylation sites is 2. The van der Waals surface area contributed by atoms with Gasteiger partial charge >= 0.3 is 0 Å². The highest BCUT2D eigenvalue weighted by atomic mass is 16.5. The fourth-order valence-electron chi connectivity index (χ4n) is 3.10. The van der Waals surface area contributed by atoms with Gasteiger partial charge in [0, 0.05) is 23.8 Å². The third-order valence-corrected chi connectivity index (χ3v) is 4.45. The number of benzene rings is 2. The summed E-state index contributed by atoms with van der Waals surface area (Å²) in [7, 11) is 1.56. The molecule has 1 aliphatic rings. The minimum atomic E-state index is -0.256. The van der Waals surface area contributed by atoms with E-state index >= 15 is 0 Å². The van der Waals surface area contributed by atoms with Crippen molar-refractivity contribution in [3.63, 3.8) is 0 Å². The number of anilines is 2. The van der Waals surface area contributed by atoms with E-state index in [1.54, 1.807) is 19.2 Å². The number of ether oxygens (including phenoxy) is 2. The Morgan fingerprint density at radius 1 is 1.15 bits per heavy atom. The Kier molecular flexibility index (Phi) is 5.64. The van der Waals surface area contributed by atoms with Crippen molar-refractivity contribution in [3.8, 4) is 11.5 Å². The molecule has 0 aliphatic carbocycles. The van der Waals surface area contributed by atoms with E-state index in [1.165, 1.54) is 0 Å². The summed E-state index contributed by atoms with van der Waals surface area (Å²) in [6, 6.07) is 12.8. The lowest BCUT2D eigenvalue weighted by Crippen LogP contribution is -2.32. The summed E-state index contributed by atoms with van der Waals surface area (Å²) in [5.41, 5.74) is 2.69. The van der Waals surface area contributed by atoms with E-state index in [0.29, 0.717) is 23.7 Å². The Morgan fingerprint density at radius 2 is 1.89 bits per heavy atom. The molecule has 0 aromatic heterocycles. The number of carbonyl (C=O) groups is 2. The molecule has 1 aliphatic heterocycles. The summed E-state index contributed by atoms with van der Waals surface area (Å²) in [4.78, 5) is 26.3. The number of hydrogen-bond acceptors (Lipinski definition) is 4. The molecule has 6 heteroatoms. The van der Waals surface area contributed by atoms with Crippen molar-refractivity contribution in [3.05, 3.63) is 48.0 Å². The first kappa shape index (κ1) is 18.8. The van der Waals surface area contributed by atoms with Gasteiger partial charge in [0.25, 0.3) is 5.91 Å². The first-order valence-corrected chi connectivity index (χ1v) is 8.99. The molecule has 0 bridgehead atoms. The van der Waals surface area contributed by atoms with Crippen molar-refractivity contribution >= 4 is 23.2 Å². The van der Waals surface area contributed by atoms with Crippen molar-refractivity contribution < 1.29 is 19.1 Å². The molecule has 27 heavy (non-hydrogen) atoms. The lowest BCUT2D eigenvalue weighted by molar-refractivity contribution is -0.121. The maximum Gasteiger partial charge on any atom is 0.262 e. The highest BCUT2D eigenvalue weighted by Gasteiger charge is 2.26. The number of nitrogens with one attached hydrogen (secondary N) is 1. The third kappa shape index (κ3) is 4.22. The van der Waals surface area contributed by atoms with Crippen LogP contribution in [0.25, 0.3) is 0 Å². The van der Waals surface area contributed by atoms with Gasteiger partial charge in [0.2, 0.25) is 5.91 Å². The van der Waals surface area contributed by atoms with Crippen molar-refractivity contribution in [1.29, 1.82) is 0 Å². The van der Waals surface area contributed by atoms with Crippen LogP contribution in [0.3, 0.4) is 0 Å². The first-order chi connectivity index (χ1) is 13.0. The van der Waals surface area contributed by atoms with E-state index in [1.807, 2.05) is 49.1 Å². The van der Waals surface area contributed by atoms with Crippen LogP contribution in [0.2, 0.25) is 0 Å². The summed E-state index contributed by atoms with van der Waals surface area (Å²) in [6.07, 6.45) is 0.787. The lowest BCUT2D eigenvalue weighted by atomic mass is 10.1. The highest BCUT2D eigenvalue weighted by Crippen LogP contribution is 2.31. The van der Waals surface area contributed by atoms with Gasteiger partial charge < -0.3 is 19.7 Å². The molecule has 1 heterocycles. The second kappa shape index (κ2) is 8.12. The van der Waals surface area contributed by atoms with Gasteiger partial charge in [0.05, 0.1) is 7.11 Å². The Bertz CT molecular complexity index is 848. The van der Waals surface area contributed by atoms with Crippen LogP contribution in [0.1, 0.15) is 19.4 Å². The number of methoxy groups -OCH3 is 1. The zero-order valence-electron chi connectivity index (χ0n) is 15.8. The monoisotopic (exact) mass is 368 g/mol. The molecule has 2 aromatic rings. The van der Waals surface area contributed by atoms with E-state index in [2.05, 4.69) is 5.32 Å². The molecule has 0 saturated heterocycles. The normalized spacial score (nSPS) is 12.7. The quantitative estimate of drug-likeness (QED) is 0.850. The summed E-state index contributed by atoms with van der Waals surface area (Å²) in [6.45, 7) is 4.36. The van der Waals surface area contributed by atoms with E-state index < -0.39 is 0 Å². The molecule has 3 rings (SSSR count). The van der Waals surface area contributed by atoms with Gasteiger partial charge in [-0.05, 0) is 42.3 Å². The minimum Gasteiger partial charge on any atom is -0.493 e. The second-order valence-electron chi connectivity index (χ2n) is 6.73. The molecule has 0 radical (unpaired) electrons. The number of amides is 2. The van der Waals surface area contributed by atoms with Crippen molar-refractivity contribution in [2.45, 2.75) is 20.3 Å². The van der Waals surface area contributed by atoms with Crippen LogP contribution >= 0.6 is 0 Å². The number of fused-ring (bicyclic) bond motifs is 1. The van der Waals surface area contributed by atoms with Gasteiger partial charge in [-0.15, -0.1) is 0 Å². The predicted molar refractivity (Wildman–Crippen MR) is 104 cm³/mol. The summed E-state index contributed by atoms with van der Waals surface area (Å²) in [5, 5.41) is 2.84. The maximum absolute atomic E-state index is 12.3. The van der Waals surface area contributed by atoms with Gasteiger partial charge in [0.1, 0.15) is 0 Å². The lowest BCUT2D eigenvalue weighted by Gasteiger charge is -2.19. The number of nitrogens with zero attached hydrogens (tertiary/aromatic N) is 1. The average Bonchev–Trinajstić information content (AvgIpc) is 3.09. The molecule has 2 amide bonds. The summed E-state index contributed by atoms with van der Waals surface area (Å²) in [5.74, 6) is 0.928. The van der Waals surface area contributed by atoms with Crippen molar-refractivity contribution in [2.24, 2.45) is 5.92 Å². The summed E-state index contributed by atoms with van der Waals surface area (Å²) >= 11 is 0. The average molecular weight is 368 g/mol. The largest absolute Gasteiger partial charge is 0.493 e. The van der Waals surface area contributed by atoms with E-state index in [0.717, 1.165) is 17.7 Å². The van der Waals surface area contributed by atoms with Crippen LogP contribution in [-0.4, -0.2) is 32.1 Å². The molecule has 2 aromatic carbocycles. The SMILES string of the molecule is COc1ccccc1OCC(=O)Nc1ccc2c(c1)CCN2C(=O)C(C)C. The Labute approximate surface area is 159 Å². The number of carbonyl (C=O) groups excluding carboxylic acids is 2. The maximum atomic E-state index is 12.3. The number of rotatable bonds is 6. The fraction of sp³-hybridized carbons (Fsp3) is 0.333. The van der Waals surface area contributed by atoms with Crippen molar-refractivity contribution in [2.75, 3.05) is 30.5 Å². The highest BCUT2D eigenvalue weighted by molar-refractivity contribution is 5.97. The summed E-state index contributed by atoms with van der Waals surface area (Å²) < 4.78 is 10.7. The zero-order valence-corrected chi connectivity index (χ0v) is 15.8. The molecule has 0 fully saturated rings. The third-order valence-electron chi connectivity index (χ3n) is 4.45. The second-order valence-corrected chi connectivity index (χ2v) is 6.73. The van der Waals surface area contributed by atoms with E-state index in [9.17, 15) is 9.59 Å². The smallest absolute Gasteiger partial charge is 0.262 e. The molecule has 0 spiro atoms. The standard InChI is InChI=1S/C21H24N2O4/c1-14(2)21(25)23-11-10-15-12-16(8-9-17(15)23)22-20(24)13-27-19-7-5-4-6-18(19)26-3/h4-9,12,14H,10-11,13H2,1-3H3,(H,22,24). The fourth-order valence-corrected chi connectivity index (χ4v) is 3.10. The van der Waals surface area contributed by atoms with Gasteiger partial charge in [-0.3, -0.25) is 9.59 Å². The topological polar surface area (TPSA) is 67.9 Å². The Balaban J connectivity index is 1.62. The molecule has 0 atom stereocenters. The van der Waals surface area contributed by atoms with Gasteiger partial charge in [-0.1, -0.05) is 26.0 Å². The molecule has 6 nitrogen and oxygen atoms in total. The molecule has 1 N–H and O–H groups in total. The number of hydrogen-bond donors (Lipinski definition) is 1. The van der Waals surface area contributed by atoms with Crippen LogP contribution in [0.5, 0.6) is 11.5 Å². The first-order valence-electron chi connectivity index (χ1n) is 8.99. The molecule has 142 valence electrons. The molecule has 0 saturated carbocycles. The van der Waals surface area contributed by atoms with Gasteiger partial charge in [0.15, 0.2) is 18.1 Å². The van der Waals surface area contributed by atoms with Crippen LogP contribution in [0.15, 0.2) is 42.5 Å². The van der Waals surface area contributed by atoms with Gasteiger partial charge in [-0.25, -0.2) is 0 Å². The van der Waals surface area contributed by atoms with Crippen LogP contribution in [-0.2, 0) is 16.0 Å². The van der Waals surface area contributed by atoms with E-state index in [4.69, 9.17) is 9.47 Å².